The molecule has 6 aromatic carbocycles. The lowest BCUT2D eigenvalue weighted by Gasteiger charge is -2.14. The van der Waals surface area contributed by atoms with Gasteiger partial charge in [-0.25, -0.2) is 39.9 Å². The molecular formula is C58H38N10. The summed E-state index contributed by atoms with van der Waals surface area (Å²) in [6.07, 6.45) is 6.32. The molecule has 0 amide bonds. The van der Waals surface area contributed by atoms with Crippen LogP contribution in [0.1, 0.15) is 17.7 Å². The second-order valence-corrected chi connectivity index (χ2v) is 16.7. The minimum atomic E-state index is 0.493. The van der Waals surface area contributed by atoms with Crippen molar-refractivity contribution in [2.45, 2.75) is 12.8 Å². The van der Waals surface area contributed by atoms with Gasteiger partial charge in [-0.05, 0) is 49.2 Å². The van der Waals surface area contributed by atoms with Crippen molar-refractivity contribution in [1.82, 2.24) is 49.0 Å². The van der Waals surface area contributed by atoms with Crippen LogP contribution in [-0.4, -0.2) is 49.0 Å². The fourth-order valence-electron chi connectivity index (χ4n) is 9.45. The Balaban J connectivity index is 1.00. The summed E-state index contributed by atoms with van der Waals surface area (Å²) in [5.41, 5.74) is 10.4. The number of pyridine rings is 2. The topological polar surface area (TPSA) is 113 Å². The van der Waals surface area contributed by atoms with Crippen molar-refractivity contribution in [1.29, 1.82) is 0 Å². The van der Waals surface area contributed by atoms with Crippen LogP contribution in [0.3, 0.4) is 0 Å². The molecule has 0 bridgehead atoms. The molecule has 12 aromatic rings. The first-order valence-corrected chi connectivity index (χ1v) is 22.7. The standard InChI is InChI=1S/C58H38N10/c1-5-19-37(20-6-1)53-61-54(38-21-7-2-8-22-38)64-57(63-53)44-29-17-33-49(59-44)67-47-32-16-14-28-43(47)51-48(67)36-35-42-41-27-13-15-31-46(41)68(52(42)51)50-34-18-30-45(60-50)58-65-55(39-23-9-3-10-24-39)62-56(66-58)40-25-11-4-12-26-40/h1-14,16-30,32-36H,15,31H2. The van der Waals surface area contributed by atoms with E-state index < -0.39 is 0 Å². The van der Waals surface area contributed by atoms with Gasteiger partial charge in [-0.3, -0.25) is 9.13 Å². The van der Waals surface area contributed by atoms with Gasteiger partial charge < -0.3 is 0 Å². The van der Waals surface area contributed by atoms with Gasteiger partial charge in [0.05, 0.1) is 16.6 Å². The molecule has 6 heterocycles. The van der Waals surface area contributed by atoms with Gasteiger partial charge in [0.1, 0.15) is 23.0 Å². The minimum absolute atomic E-state index is 0.493. The summed E-state index contributed by atoms with van der Waals surface area (Å²) in [6, 6.07) is 65.3. The normalized spacial score (nSPS) is 12.2. The van der Waals surface area contributed by atoms with Crippen LogP contribution in [0.4, 0.5) is 0 Å². The van der Waals surface area contributed by atoms with Gasteiger partial charge in [-0.1, -0.05) is 170 Å². The summed E-state index contributed by atoms with van der Waals surface area (Å²) in [5, 5.41) is 3.37. The zero-order valence-corrected chi connectivity index (χ0v) is 36.5. The Kier molecular flexibility index (Phi) is 9.38. The average molecular weight is 875 g/mol. The van der Waals surface area contributed by atoms with Gasteiger partial charge in [-0.15, -0.1) is 0 Å². The lowest BCUT2D eigenvalue weighted by atomic mass is 10.0. The molecule has 0 aliphatic heterocycles. The number of rotatable bonds is 8. The maximum Gasteiger partial charge on any atom is 0.182 e. The van der Waals surface area contributed by atoms with Crippen LogP contribution in [0.5, 0.6) is 0 Å². The molecule has 13 rings (SSSR count). The van der Waals surface area contributed by atoms with Crippen molar-refractivity contribution in [3.8, 4) is 80.2 Å². The van der Waals surface area contributed by atoms with Crippen LogP contribution in [-0.2, 0) is 6.42 Å². The Morgan fingerprint density at radius 1 is 0.338 bits per heavy atom. The van der Waals surface area contributed by atoms with E-state index in [-0.39, 0.29) is 0 Å². The van der Waals surface area contributed by atoms with E-state index in [1.165, 1.54) is 11.3 Å². The summed E-state index contributed by atoms with van der Waals surface area (Å²) in [5.74, 6) is 4.88. The molecule has 0 atom stereocenters. The zero-order valence-electron chi connectivity index (χ0n) is 36.5. The van der Waals surface area contributed by atoms with Gasteiger partial charge in [-0.2, -0.15) is 0 Å². The number of hydrogen-bond donors (Lipinski definition) is 0. The number of para-hydroxylation sites is 1. The highest BCUT2D eigenvalue weighted by atomic mass is 15.1. The predicted molar refractivity (Wildman–Crippen MR) is 270 cm³/mol. The van der Waals surface area contributed by atoms with E-state index in [1.807, 2.05) is 140 Å². The Bertz CT molecular complexity index is 3790. The first-order chi connectivity index (χ1) is 33.7. The van der Waals surface area contributed by atoms with Crippen LogP contribution in [0.2, 0.25) is 0 Å². The van der Waals surface area contributed by atoms with Crippen molar-refractivity contribution >= 4 is 38.8 Å². The highest BCUT2D eigenvalue weighted by Crippen LogP contribution is 2.42. The lowest BCUT2D eigenvalue weighted by molar-refractivity contribution is 0.872. The molecule has 0 spiro atoms. The fraction of sp³-hybridized carbons (Fsp3) is 0.0345. The van der Waals surface area contributed by atoms with Crippen LogP contribution >= 0.6 is 0 Å². The highest BCUT2D eigenvalue weighted by molar-refractivity contribution is 6.22. The summed E-state index contributed by atoms with van der Waals surface area (Å²) < 4.78 is 4.61. The average Bonchev–Trinajstić information content (AvgIpc) is 3.95. The minimum Gasteiger partial charge on any atom is -0.297 e. The molecule has 0 saturated heterocycles. The summed E-state index contributed by atoms with van der Waals surface area (Å²) in [7, 11) is 0. The highest BCUT2D eigenvalue weighted by Gasteiger charge is 2.26. The van der Waals surface area contributed by atoms with Crippen LogP contribution in [0.15, 0.2) is 200 Å². The van der Waals surface area contributed by atoms with Gasteiger partial charge in [0.2, 0.25) is 0 Å². The number of allylic oxidation sites excluding steroid dienone is 1. The van der Waals surface area contributed by atoms with Gasteiger partial charge in [0.25, 0.3) is 0 Å². The summed E-state index contributed by atoms with van der Waals surface area (Å²) in [4.78, 5) is 40.7. The maximum absolute atomic E-state index is 5.42. The molecular weight excluding hydrogens is 837 g/mol. The van der Waals surface area contributed by atoms with Crippen LogP contribution in [0, 0.1) is 0 Å². The monoisotopic (exact) mass is 874 g/mol. The Hall–Kier alpha value is -9.28. The molecule has 68 heavy (non-hydrogen) atoms. The largest absolute Gasteiger partial charge is 0.297 e. The molecule has 1 aliphatic rings. The number of benzene rings is 6. The number of hydrogen-bond acceptors (Lipinski definition) is 8. The molecule has 0 fully saturated rings. The van der Waals surface area contributed by atoms with E-state index >= 15 is 0 Å². The molecule has 10 heteroatoms. The summed E-state index contributed by atoms with van der Waals surface area (Å²) in [6.45, 7) is 0. The van der Waals surface area contributed by atoms with E-state index in [2.05, 4.69) is 75.9 Å². The molecule has 0 radical (unpaired) electrons. The third-order valence-corrected chi connectivity index (χ3v) is 12.5. The van der Waals surface area contributed by atoms with E-state index in [4.69, 9.17) is 39.9 Å². The molecule has 1 aliphatic carbocycles. The van der Waals surface area contributed by atoms with Crippen molar-refractivity contribution in [3.05, 3.63) is 211 Å². The van der Waals surface area contributed by atoms with E-state index in [9.17, 15) is 0 Å². The first-order valence-electron chi connectivity index (χ1n) is 22.7. The van der Waals surface area contributed by atoms with Crippen LogP contribution < -0.4 is 0 Å². The molecule has 0 saturated carbocycles. The predicted octanol–water partition coefficient (Wildman–Crippen LogP) is 12.8. The molecule has 320 valence electrons. The lowest BCUT2D eigenvalue weighted by Crippen LogP contribution is -2.07. The molecule has 0 unspecified atom stereocenters. The van der Waals surface area contributed by atoms with Gasteiger partial charge in [0.15, 0.2) is 34.9 Å². The Morgan fingerprint density at radius 3 is 1.31 bits per heavy atom. The number of fused-ring (bicyclic) bond motifs is 7. The van der Waals surface area contributed by atoms with Crippen molar-refractivity contribution in [3.63, 3.8) is 0 Å². The third kappa shape index (κ3) is 6.73. The smallest absolute Gasteiger partial charge is 0.182 e. The molecule has 10 nitrogen and oxygen atoms in total. The number of aromatic nitrogens is 10. The van der Waals surface area contributed by atoms with Crippen molar-refractivity contribution < 1.29 is 0 Å². The van der Waals surface area contributed by atoms with Crippen molar-refractivity contribution in [2.24, 2.45) is 0 Å². The fourth-order valence-corrected chi connectivity index (χ4v) is 9.45. The van der Waals surface area contributed by atoms with E-state index in [0.717, 1.165) is 79.4 Å². The van der Waals surface area contributed by atoms with Gasteiger partial charge in [0, 0.05) is 49.7 Å². The van der Waals surface area contributed by atoms with Crippen LogP contribution in [0.25, 0.3) is 119 Å². The molecule has 0 N–H and O–H groups in total. The summed E-state index contributed by atoms with van der Waals surface area (Å²) >= 11 is 0. The number of nitrogens with zero attached hydrogens (tertiary/aromatic N) is 10. The van der Waals surface area contributed by atoms with Crippen molar-refractivity contribution in [2.75, 3.05) is 0 Å². The second-order valence-electron chi connectivity index (χ2n) is 16.7. The first kappa shape index (κ1) is 39.1. The quantitative estimate of drug-likeness (QED) is 0.148. The SMILES string of the molecule is C1=Cc2c(n(-c3cccc(-c4nc(-c5ccccc5)nc(-c5ccccc5)n4)n3)c3c2ccc2c3c3ccccc3n2-c2cccc(-c3nc(-c4ccccc4)nc(-c4ccccc4)n3)n2)CC1. The Morgan fingerprint density at radius 2 is 0.794 bits per heavy atom. The third-order valence-electron chi connectivity index (χ3n) is 12.5. The molecule has 6 aromatic heterocycles. The Labute approximate surface area is 390 Å². The maximum atomic E-state index is 5.42. The second kappa shape index (κ2) is 16.3. The van der Waals surface area contributed by atoms with Gasteiger partial charge >= 0.3 is 0 Å². The van der Waals surface area contributed by atoms with E-state index in [0.29, 0.717) is 46.3 Å². The van der Waals surface area contributed by atoms with E-state index in [1.54, 1.807) is 0 Å². The zero-order chi connectivity index (χ0) is 45.0.